The molecule has 1 heterocycles. The van der Waals surface area contributed by atoms with Crippen molar-refractivity contribution in [2.24, 2.45) is 5.92 Å². The monoisotopic (exact) mass is 301 g/mol. The molecule has 1 atom stereocenters. The van der Waals surface area contributed by atoms with E-state index < -0.39 is 4.92 Å². The first kappa shape index (κ1) is 15.5. The van der Waals surface area contributed by atoms with Crippen LogP contribution < -0.4 is 5.32 Å². The van der Waals surface area contributed by atoms with Gasteiger partial charge in [0.05, 0.1) is 22.4 Å². The van der Waals surface area contributed by atoms with Crippen LogP contribution in [0.25, 0.3) is 0 Å². The highest BCUT2D eigenvalue weighted by Crippen LogP contribution is 2.22. The van der Waals surface area contributed by atoms with Gasteiger partial charge in [-0.15, -0.1) is 0 Å². The summed E-state index contributed by atoms with van der Waals surface area (Å²) < 4.78 is 5.24. The van der Waals surface area contributed by atoms with E-state index >= 15 is 0 Å². The number of rotatable bonds is 7. The second kappa shape index (κ2) is 7.24. The lowest BCUT2D eigenvalue weighted by Gasteiger charge is -2.15. The van der Waals surface area contributed by atoms with Gasteiger partial charge < -0.3 is 14.8 Å². The van der Waals surface area contributed by atoms with Crippen molar-refractivity contribution in [2.45, 2.75) is 6.42 Å². The minimum atomic E-state index is -0.544. The highest BCUT2D eigenvalue weighted by molar-refractivity contribution is 5.61. The number of nitrogens with zero attached hydrogens (tertiary/aromatic N) is 2. The second-order valence-electron chi connectivity index (χ2n) is 4.81. The number of benzene rings is 1. The second-order valence-corrected chi connectivity index (χ2v) is 4.81. The van der Waals surface area contributed by atoms with E-state index in [1.54, 1.807) is 12.3 Å². The lowest BCUT2D eigenvalue weighted by Crippen LogP contribution is -2.20. The SMILES string of the molecule is N#Cc1cc([N+](=O)[O-])ccc1NC[C@@H](CO)Cc1ccco1. The zero-order valence-corrected chi connectivity index (χ0v) is 11.7. The summed E-state index contributed by atoms with van der Waals surface area (Å²) in [6.45, 7) is 0.381. The van der Waals surface area contributed by atoms with Gasteiger partial charge in [-0.1, -0.05) is 0 Å². The molecule has 2 aromatic rings. The fourth-order valence-corrected chi connectivity index (χ4v) is 2.06. The number of furan rings is 1. The normalized spacial score (nSPS) is 11.6. The van der Waals surface area contributed by atoms with Crippen LogP contribution in [0.3, 0.4) is 0 Å². The molecule has 7 nitrogen and oxygen atoms in total. The Kier molecular flexibility index (Phi) is 5.11. The van der Waals surface area contributed by atoms with Crippen molar-refractivity contribution in [1.29, 1.82) is 5.26 Å². The van der Waals surface area contributed by atoms with Gasteiger partial charge in [-0.05, 0) is 18.2 Å². The standard InChI is InChI=1S/C15H15N3O4/c16-8-12-7-13(18(20)21)3-4-15(12)17-9-11(10-19)6-14-2-1-5-22-14/h1-5,7,11,17,19H,6,9-10H2/t11-/m0/s1. The molecule has 0 aliphatic heterocycles. The summed E-state index contributed by atoms with van der Waals surface area (Å²) in [4.78, 5) is 10.2. The molecule has 22 heavy (non-hydrogen) atoms. The molecule has 2 N–H and O–H groups in total. The summed E-state index contributed by atoms with van der Waals surface area (Å²) in [6, 6.07) is 9.60. The molecule has 0 aliphatic rings. The zero-order valence-electron chi connectivity index (χ0n) is 11.7. The number of nitro groups is 1. The average molecular weight is 301 g/mol. The number of nitriles is 1. The molecule has 7 heteroatoms. The average Bonchev–Trinajstić information content (AvgIpc) is 3.04. The number of hydrogen-bond acceptors (Lipinski definition) is 6. The predicted molar refractivity (Wildman–Crippen MR) is 79.3 cm³/mol. The number of aliphatic hydroxyl groups is 1. The highest BCUT2D eigenvalue weighted by atomic mass is 16.6. The molecular weight excluding hydrogens is 286 g/mol. The summed E-state index contributed by atoms with van der Waals surface area (Å²) in [5.41, 5.74) is 0.575. The Hall–Kier alpha value is -2.85. The smallest absolute Gasteiger partial charge is 0.270 e. The van der Waals surface area contributed by atoms with Crippen molar-refractivity contribution in [2.75, 3.05) is 18.5 Å². The van der Waals surface area contributed by atoms with Crippen LogP contribution in [0.5, 0.6) is 0 Å². The van der Waals surface area contributed by atoms with Gasteiger partial charge in [-0.2, -0.15) is 5.26 Å². The topological polar surface area (TPSA) is 112 Å². The Labute approximate surface area is 126 Å². The van der Waals surface area contributed by atoms with E-state index in [4.69, 9.17) is 9.68 Å². The van der Waals surface area contributed by atoms with E-state index in [0.29, 0.717) is 18.7 Å². The van der Waals surface area contributed by atoms with Gasteiger partial charge in [0.1, 0.15) is 11.8 Å². The summed E-state index contributed by atoms with van der Waals surface area (Å²) >= 11 is 0. The van der Waals surface area contributed by atoms with Crippen LogP contribution in [-0.2, 0) is 6.42 Å². The van der Waals surface area contributed by atoms with Gasteiger partial charge in [0.15, 0.2) is 0 Å². The third-order valence-electron chi connectivity index (χ3n) is 3.24. The van der Waals surface area contributed by atoms with Crippen molar-refractivity contribution in [3.05, 3.63) is 58.0 Å². The Balaban J connectivity index is 2.03. The van der Waals surface area contributed by atoms with Gasteiger partial charge in [0, 0.05) is 37.6 Å². The summed E-state index contributed by atoms with van der Waals surface area (Å²) in [7, 11) is 0. The molecular formula is C15H15N3O4. The Morgan fingerprint density at radius 3 is 2.86 bits per heavy atom. The molecule has 0 aliphatic carbocycles. The fraction of sp³-hybridized carbons (Fsp3) is 0.267. The Morgan fingerprint density at radius 1 is 1.45 bits per heavy atom. The minimum Gasteiger partial charge on any atom is -0.469 e. The molecule has 0 bridgehead atoms. The molecule has 0 unspecified atom stereocenters. The fourth-order valence-electron chi connectivity index (χ4n) is 2.06. The van der Waals surface area contributed by atoms with E-state index in [1.165, 1.54) is 18.2 Å². The Bertz CT molecular complexity index is 677. The maximum atomic E-state index is 10.7. The zero-order chi connectivity index (χ0) is 15.9. The first-order chi connectivity index (χ1) is 10.6. The van der Waals surface area contributed by atoms with Crippen LogP contribution in [0.15, 0.2) is 41.0 Å². The van der Waals surface area contributed by atoms with Gasteiger partial charge >= 0.3 is 0 Å². The predicted octanol–water partition coefficient (Wildman–Crippen LogP) is 2.32. The lowest BCUT2D eigenvalue weighted by molar-refractivity contribution is -0.384. The van der Waals surface area contributed by atoms with Crippen molar-refractivity contribution in [1.82, 2.24) is 0 Å². The first-order valence-corrected chi connectivity index (χ1v) is 6.69. The number of non-ortho nitro benzene ring substituents is 1. The van der Waals surface area contributed by atoms with Gasteiger partial charge in [0.2, 0.25) is 0 Å². The number of nitro benzene ring substituents is 1. The van der Waals surface area contributed by atoms with Crippen molar-refractivity contribution >= 4 is 11.4 Å². The maximum Gasteiger partial charge on any atom is 0.270 e. The van der Waals surface area contributed by atoms with E-state index in [9.17, 15) is 15.2 Å². The van der Waals surface area contributed by atoms with E-state index in [2.05, 4.69) is 5.32 Å². The lowest BCUT2D eigenvalue weighted by atomic mass is 10.0. The summed E-state index contributed by atoms with van der Waals surface area (Å²) in [5.74, 6) is 0.679. The number of aliphatic hydroxyl groups excluding tert-OH is 1. The maximum absolute atomic E-state index is 10.7. The molecule has 2 rings (SSSR count). The molecule has 0 fully saturated rings. The third kappa shape index (κ3) is 3.84. The number of anilines is 1. The number of hydrogen-bond donors (Lipinski definition) is 2. The van der Waals surface area contributed by atoms with Crippen LogP contribution in [0.4, 0.5) is 11.4 Å². The van der Waals surface area contributed by atoms with Crippen LogP contribution in [0.1, 0.15) is 11.3 Å². The third-order valence-corrected chi connectivity index (χ3v) is 3.24. The van der Waals surface area contributed by atoms with Crippen molar-refractivity contribution < 1.29 is 14.4 Å². The summed E-state index contributed by atoms with van der Waals surface area (Å²) in [6.07, 6.45) is 2.13. The van der Waals surface area contributed by atoms with Crippen LogP contribution >= 0.6 is 0 Å². The minimum absolute atomic E-state index is 0.0391. The molecule has 0 radical (unpaired) electrons. The van der Waals surface area contributed by atoms with Gasteiger partial charge in [0.25, 0.3) is 5.69 Å². The van der Waals surface area contributed by atoms with Gasteiger partial charge in [-0.25, -0.2) is 0 Å². The highest BCUT2D eigenvalue weighted by Gasteiger charge is 2.14. The quantitative estimate of drug-likeness (QED) is 0.599. The summed E-state index contributed by atoms with van der Waals surface area (Å²) in [5, 5.41) is 32.2. The van der Waals surface area contributed by atoms with Crippen molar-refractivity contribution in [3.63, 3.8) is 0 Å². The molecule has 0 spiro atoms. The molecule has 114 valence electrons. The first-order valence-electron chi connectivity index (χ1n) is 6.69. The van der Waals surface area contributed by atoms with E-state index in [1.807, 2.05) is 12.1 Å². The van der Waals surface area contributed by atoms with Crippen molar-refractivity contribution in [3.8, 4) is 6.07 Å². The molecule has 0 saturated carbocycles. The Morgan fingerprint density at radius 2 is 2.27 bits per heavy atom. The van der Waals surface area contributed by atoms with E-state index in [-0.39, 0.29) is 23.8 Å². The van der Waals surface area contributed by atoms with Crippen LogP contribution in [-0.4, -0.2) is 23.2 Å². The molecule has 1 aromatic carbocycles. The van der Waals surface area contributed by atoms with Crippen LogP contribution in [0.2, 0.25) is 0 Å². The van der Waals surface area contributed by atoms with E-state index in [0.717, 1.165) is 5.76 Å². The number of nitrogens with one attached hydrogen (secondary N) is 1. The molecule has 0 saturated heterocycles. The van der Waals surface area contributed by atoms with Gasteiger partial charge in [-0.3, -0.25) is 10.1 Å². The largest absolute Gasteiger partial charge is 0.469 e. The molecule has 1 aromatic heterocycles. The molecule has 0 amide bonds. The van der Waals surface area contributed by atoms with Crippen LogP contribution in [0, 0.1) is 27.4 Å².